The number of hydrazine groups is 1. The summed E-state index contributed by atoms with van der Waals surface area (Å²) in [5.74, 6) is 0.494. The number of amides is 1. The molecule has 0 saturated carbocycles. The van der Waals surface area contributed by atoms with Gasteiger partial charge in [0.2, 0.25) is 5.89 Å². The van der Waals surface area contributed by atoms with Gasteiger partial charge in [0, 0.05) is 6.54 Å². The number of thiophene rings is 1. The molecule has 0 aliphatic carbocycles. The van der Waals surface area contributed by atoms with Gasteiger partial charge in [0.1, 0.15) is 12.0 Å². The summed E-state index contributed by atoms with van der Waals surface area (Å²) in [6, 6.07) is 7.82. The van der Waals surface area contributed by atoms with Crippen molar-refractivity contribution in [2.24, 2.45) is 0 Å². The van der Waals surface area contributed by atoms with E-state index >= 15 is 0 Å². The van der Waals surface area contributed by atoms with E-state index in [1.54, 1.807) is 27.0 Å². The van der Waals surface area contributed by atoms with Crippen molar-refractivity contribution in [1.29, 1.82) is 0 Å². The highest BCUT2D eigenvalue weighted by Crippen LogP contribution is 2.29. The van der Waals surface area contributed by atoms with E-state index in [1.165, 1.54) is 17.6 Å². The van der Waals surface area contributed by atoms with Crippen LogP contribution in [-0.4, -0.2) is 40.5 Å². The third kappa shape index (κ3) is 7.93. The molecule has 198 valence electrons. The van der Waals surface area contributed by atoms with E-state index in [1.807, 2.05) is 48.4 Å². The number of ether oxygens (including phenoxy) is 2. The zero-order valence-corrected chi connectivity index (χ0v) is 22.7. The molecule has 2 N–H and O–H groups in total. The molecule has 3 aromatic rings. The molecule has 0 unspecified atom stereocenters. The molecule has 0 aliphatic rings. The van der Waals surface area contributed by atoms with Crippen molar-refractivity contribution in [3.8, 4) is 5.75 Å². The van der Waals surface area contributed by atoms with Crippen molar-refractivity contribution in [1.82, 2.24) is 20.7 Å². The monoisotopic (exact) mass is 526 g/mol. The Morgan fingerprint density at radius 1 is 1.19 bits per heavy atom. The lowest BCUT2D eigenvalue weighted by Gasteiger charge is -2.27. The van der Waals surface area contributed by atoms with Crippen LogP contribution in [0.5, 0.6) is 5.75 Å². The minimum Gasteiger partial charge on any atom is -0.476 e. The molecule has 0 aliphatic heterocycles. The second-order valence-corrected chi connectivity index (χ2v) is 10.0. The quantitative estimate of drug-likeness (QED) is 0.250. The third-order valence-corrected chi connectivity index (χ3v) is 6.36. The van der Waals surface area contributed by atoms with Gasteiger partial charge in [0.25, 0.3) is 5.91 Å². The van der Waals surface area contributed by atoms with E-state index in [0.717, 1.165) is 21.6 Å². The number of oxazole rings is 1. The molecule has 3 rings (SSSR count). The van der Waals surface area contributed by atoms with Crippen molar-refractivity contribution < 1.29 is 23.5 Å². The number of benzene rings is 1. The van der Waals surface area contributed by atoms with Gasteiger partial charge in [-0.25, -0.2) is 9.78 Å². The molecule has 10 heteroatoms. The van der Waals surface area contributed by atoms with Crippen molar-refractivity contribution in [3.63, 3.8) is 0 Å². The van der Waals surface area contributed by atoms with Crippen molar-refractivity contribution in [2.75, 3.05) is 13.2 Å². The largest absolute Gasteiger partial charge is 0.476 e. The molecule has 2 aromatic heterocycles. The summed E-state index contributed by atoms with van der Waals surface area (Å²) < 4.78 is 16.6. The van der Waals surface area contributed by atoms with Crippen molar-refractivity contribution in [2.45, 2.75) is 53.3 Å². The molecule has 0 bridgehead atoms. The van der Waals surface area contributed by atoms with E-state index in [0.29, 0.717) is 30.4 Å². The molecule has 1 aromatic carbocycles. The number of nitrogens with zero attached hydrogens (tertiary/aromatic N) is 2. The molecule has 0 radical (unpaired) electrons. The van der Waals surface area contributed by atoms with Gasteiger partial charge < -0.3 is 13.9 Å². The Morgan fingerprint density at radius 3 is 2.51 bits per heavy atom. The van der Waals surface area contributed by atoms with Gasteiger partial charge in [-0.2, -0.15) is 0 Å². The minimum atomic E-state index is -1.12. The Bertz CT molecular complexity index is 1180. The maximum Gasteiger partial charge on any atom is 0.349 e. The van der Waals surface area contributed by atoms with Crippen LogP contribution >= 0.6 is 11.3 Å². The second kappa shape index (κ2) is 12.6. The van der Waals surface area contributed by atoms with Crippen LogP contribution in [0.1, 0.15) is 48.2 Å². The first-order valence-corrected chi connectivity index (χ1v) is 12.8. The van der Waals surface area contributed by atoms with Gasteiger partial charge in [0.05, 0.1) is 36.5 Å². The van der Waals surface area contributed by atoms with E-state index in [4.69, 9.17) is 13.9 Å². The number of hydrogen-bond donors (Lipinski definition) is 2. The Hall–Kier alpha value is -3.63. The maximum atomic E-state index is 12.7. The average Bonchev–Trinajstić information content (AvgIpc) is 3.55. The second-order valence-electron chi connectivity index (χ2n) is 9.09. The number of carbonyl (C=O) groups excluding carboxylic acids is 2. The minimum absolute atomic E-state index is 0.0966. The first-order chi connectivity index (χ1) is 17.6. The van der Waals surface area contributed by atoms with Gasteiger partial charge in [-0.1, -0.05) is 24.8 Å². The molecular weight excluding hydrogens is 492 g/mol. The highest BCUT2D eigenvalue weighted by atomic mass is 32.1. The standard InChI is InChI=1S/C27H34N4O5S/c1-7-34-26(33)27(5,6)36-25-18(2)13-21(14-19(25)3)15-31(17-24-28-10-11-35-24)16-23(32)30-29-20(4)22-9-8-12-37-22/h8-14,29H,4,7,15-17H2,1-3,5-6H3,(H,30,32). The summed E-state index contributed by atoms with van der Waals surface area (Å²) in [4.78, 5) is 32.1. The zero-order chi connectivity index (χ0) is 27.0. The van der Waals surface area contributed by atoms with Crippen LogP contribution in [0, 0.1) is 13.8 Å². The molecule has 0 spiro atoms. The van der Waals surface area contributed by atoms with Crippen LogP contribution in [0.4, 0.5) is 0 Å². The van der Waals surface area contributed by atoms with Crippen LogP contribution in [0.2, 0.25) is 0 Å². The lowest BCUT2D eigenvalue weighted by molar-refractivity contribution is -0.158. The van der Waals surface area contributed by atoms with E-state index in [2.05, 4.69) is 22.4 Å². The number of aromatic nitrogens is 1. The van der Waals surface area contributed by atoms with Gasteiger partial charge in [-0.15, -0.1) is 11.3 Å². The maximum absolute atomic E-state index is 12.7. The van der Waals surface area contributed by atoms with Crippen LogP contribution in [0.3, 0.4) is 0 Å². The van der Waals surface area contributed by atoms with Crippen molar-refractivity contribution in [3.05, 3.63) is 76.1 Å². The number of esters is 1. The Morgan fingerprint density at radius 2 is 1.92 bits per heavy atom. The smallest absolute Gasteiger partial charge is 0.349 e. The van der Waals surface area contributed by atoms with Crippen LogP contribution in [0.25, 0.3) is 5.70 Å². The molecule has 0 atom stereocenters. The van der Waals surface area contributed by atoms with E-state index in [-0.39, 0.29) is 19.1 Å². The Labute approximate surface area is 221 Å². The fraction of sp³-hybridized carbons (Fsp3) is 0.370. The van der Waals surface area contributed by atoms with Crippen LogP contribution in [0.15, 0.2) is 53.1 Å². The molecule has 2 heterocycles. The number of aryl methyl sites for hydroxylation is 2. The number of rotatable bonds is 13. The van der Waals surface area contributed by atoms with Gasteiger partial charge in [-0.3, -0.25) is 20.5 Å². The summed E-state index contributed by atoms with van der Waals surface area (Å²) in [5.41, 5.74) is 7.81. The molecular formula is C27H34N4O5S. The summed E-state index contributed by atoms with van der Waals surface area (Å²) in [5, 5.41) is 1.94. The Balaban J connectivity index is 1.70. The first kappa shape index (κ1) is 27.9. The van der Waals surface area contributed by atoms with Crippen LogP contribution in [-0.2, 0) is 27.4 Å². The average molecular weight is 527 g/mol. The summed E-state index contributed by atoms with van der Waals surface area (Å²) in [7, 11) is 0. The lowest BCUT2D eigenvalue weighted by atomic mass is 10.0. The van der Waals surface area contributed by atoms with Crippen LogP contribution < -0.4 is 15.6 Å². The van der Waals surface area contributed by atoms with Crippen molar-refractivity contribution >= 4 is 28.9 Å². The number of nitrogens with one attached hydrogen (secondary N) is 2. The predicted molar refractivity (Wildman–Crippen MR) is 143 cm³/mol. The highest BCUT2D eigenvalue weighted by molar-refractivity contribution is 7.11. The summed E-state index contributed by atoms with van der Waals surface area (Å²) >= 11 is 1.53. The fourth-order valence-electron chi connectivity index (χ4n) is 3.74. The van der Waals surface area contributed by atoms with Gasteiger partial charge >= 0.3 is 5.97 Å². The fourth-order valence-corrected chi connectivity index (χ4v) is 4.40. The van der Waals surface area contributed by atoms with Gasteiger partial charge in [-0.05, 0) is 62.8 Å². The van der Waals surface area contributed by atoms with E-state index < -0.39 is 11.6 Å². The third-order valence-electron chi connectivity index (χ3n) is 5.43. The Kier molecular flexibility index (Phi) is 9.48. The topological polar surface area (TPSA) is 106 Å². The number of hydrogen-bond acceptors (Lipinski definition) is 9. The summed E-state index contributed by atoms with van der Waals surface area (Å²) in [6.07, 6.45) is 3.08. The lowest BCUT2D eigenvalue weighted by Crippen LogP contribution is -2.42. The van der Waals surface area contributed by atoms with E-state index in [9.17, 15) is 9.59 Å². The molecule has 37 heavy (non-hydrogen) atoms. The molecule has 0 fully saturated rings. The first-order valence-electron chi connectivity index (χ1n) is 11.9. The highest BCUT2D eigenvalue weighted by Gasteiger charge is 2.32. The molecule has 1 amide bonds. The predicted octanol–water partition coefficient (Wildman–Crippen LogP) is 4.37. The van der Waals surface area contributed by atoms with Gasteiger partial charge in [0.15, 0.2) is 5.60 Å². The molecule has 9 nitrogen and oxygen atoms in total. The zero-order valence-electron chi connectivity index (χ0n) is 21.9. The normalized spacial score (nSPS) is 11.3. The SMILES string of the molecule is C=C(NNC(=O)CN(Cc1cc(C)c(OC(C)(C)C(=O)OCC)c(C)c1)Cc1ncco1)c1cccs1. The number of carbonyl (C=O) groups is 2. The summed E-state index contributed by atoms with van der Waals surface area (Å²) in [6.45, 7) is 14.1. The molecule has 0 saturated heterocycles.